The Kier molecular flexibility index (Phi) is 5.46. The molecule has 4 nitrogen and oxygen atoms in total. The molecule has 0 bridgehead atoms. The van der Waals surface area contributed by atoms with Crippen molar-refractivity contribution in [2.45, 2.75) is 4.90 Å². The van der Waals surface area contributed by atoms with Crippen molar-refractivity contribution >= 4 is 40.8 Å². The van der Waals surface area contributed by atoms with Crippen molar-refractivity contribution in [3.8, 4) is 0 Å². The lowest BCUT2D eigenvalue weighted by atomic mass is 10.1. The highest BCUT2D eigenvalue weighted by Crippen LogP contribution is 2.20. The van der Waals surface area contributed by atoms with Gasteiger partial charge < -0.3 is 10.5 Å². The second kappa shape index (κ2) is 7.33. The highest BCUT2D eigenvalue weighted by molar-refractivity contribution is 7.98. The molecular weight excluding hydrogens is 322 g/mol. The molecule has 2 N–H and O–H groups in total. The predicted octanol–water partition coefficient (Wildman–Crippen LogP) is 3.68. The molecule has 0 unspecified atom stereocenters. The molecule has 2 aromatic carbocycles. The van der Waals surface area contributed by atoms with Gasteiger partial charge in [-0.15, -0.1) is 11.8 Å². The third kappa shape index (κ3) is 4.02. The van der Waals surface area contributed by atoms with Gasteiger partial charge in [0.1, 0.15) is 0 Å². The summed E-state index contributed by atoms with van der Waals surface area (Å²) in [6.07, 6.45) is 1.95. The molecule has 2 aromatic rings. The van der Waals surface area contributed by atoms with Crippen LogP contribution in [0.25, 0.3) is 0 Å². The van der Waals surface area contributed by atoms with Crippen LogP contribution in [0.5, 0.6) is 0 Å². The first-order chi connectivity index (χ1) is 10.5. The highest BCUT2D eigenvalue weighted by Gasteiger charge is 2.13. The molecule has 0 atom stereocenters. The van der Waals surface area contributed by atoms with E-state index >= 15 is 0 Å². The van der Waals surface area contributed by atoms with Crippen LogP contribution < -0.4 is 5.73 Å². The number of ketones is 1. The molecule has 0 fully saturated rings. The number of carbonyl (C=O) groups is 2. The third-order valence-corrected chi connectivity index (χ3v) is 4.07. The standard InChI is InChI=1S/C16H14ClNO3S/c1-22-12-5-2-10(3-6-12)15(19)9-21-16(20)11-4-7-13(17)14(18)8-11/h2-8H,9,18H2,1H3. The quantitative estimate of drug-likeness (QED) is 0.390. The summed E-state index contributed by atoms with van der Waals surface area (Å²) in [5, 5.41) is 0.363. The fourth-order valence-corrected chi connectivity index (χ4v) is 2.27. The molecule has 0 aliphatic carbocycles. The molecule has 0 radical (unpaired) electrons. The summed E-state index contributed by atoms with van der Waals surface area (Å²) in [5.41, 5.74) is 6.67. The second-order valence-electron chi connectivity index (χ2n) is 4.46. The maximum absolute atomic E-state index is 12.0. The van der Waals surface area contributed by atoms with E-state index < -0.39 is 5.97 Å². The van der Waals surface area contributed by atoms with E-state index in [0.717, 1.165) is 4.90 Å². The van der Waals surface area contributed by atoms with Crippen molar-refractivity contribution in [2.24, 2.45) is 0 Å². The number of rotatable bonds is 5. The second-order valence-corrected chi connectivity index (χ2v) is 5.75. The van der Waals surface area contributed by atoms with Gasteiger partial charge in [-0.1, -0.05) is 23.7 Å². The molecule has 0 spiro atoms. The zero-order valence-electron chi connectivity index (χ0n) is 11.8. The molecule has 0 saturated heterocycles. The number of nitrogen functional groups attached to an aromatic ring is 1. The summed E-state index contributed by atoms with van der Waals surface area (Å²) in [6, 6.07) is 11.5. The van der Waals surface area contributed by atoms with Crippen molar-refractivity contribution in [1.29, 1.82) is 0 Å². The topological polar surface area (TPSA) is 69.4 Å². The van der Waals surface area contributed by atoms with Crippen LogP contribution in [0.3, 0.4) is 0 Å². The lowest BCUT2D eigenvalue weighted by Gasteiger charge is -2.06. The molecule has 6 heteroatoms. The van der Waals surface area contributed by atoms with Gasteiger partial charge in [0.15, 0.2) is 12.4 Å². The number of esters is 1. The fraction of sp³-hybridized carbons (Fsp3) is 0.125. The summed E-state index contributed by atoms with van der Waals surface area (Å²) in [7, 11) is 0. The summed E-state index contributed by atoms with van der Waals surface area (Å²) in [4.78, 5) is 24.9. The third-order valence-electron chi connectivity index (χ3n) is 2.98. The fourth-order valence-electron chi connectivity index (χ4n) is 1.75. The number of anilines is 1. The molecular formula is C16H14ClNO3S. The number of hydrogen-bond acceptors (Lipinski definition) is 5. The summed E-state index contributed by atoms with van der Waals surface area (Å²) in [5.74, 6) is -0.875. The maximum atomic E-state index is 12.0. The Labute approximate surface area is 137 Å². The van der Waals surface area contributed by atoms with Crippen LogP contribution in [0.15, 0.2) is 47.4 Å². The van der Waals surface area contributed by atoms with Crippen molar-refractivity contribution in [3.63, 3.8) is 0 Å². The first-order valence-electron chi connectivity index (χ1n) is 6.40. The molecule has 2 rings (SSSR count). The van der Waals surface area contributed by atoms with Crippen molar-refractivity contribution in [3.05, 3.63) is 58.6 Å². The Bertz CT molecular complexity index is 701. The minimum atomic E-state index is -0.613. The number of hydrogen-bond donors (Lipinski definition) is 1. The van der Waals surface area contributed by atoms with Crippen LogP contribution in [-0.2, 0) is 4.74 Å². The summed E-state index contributed by atoms with van der Waals surface area (Å²) >= 11 is 7.37. The Morgan fingerprint density at radius 2 is 1.77 bits per heavy atom. The number of ether oxygens (including phenoxy) is 1. The molecule has 114 valence electrons. The number of carbonyl (C=O) groups excluding carboxylic acids is 2. The SMILES string of the molecule is CSc1ccc(C(=O)COC(=O)c2ccc(Cl)c(N)c2)cc1. The van der Waals surface area contributed by atoms with Gasteiger partial charge in [0, 0.05) is 10.5 Å². The molecule has 0 aliphatic rings. The van der Waals surface area contributed by atoms with E-state index in [2.05, 4.69) is 0 Å². The molecule has 0 aliphatic heterocycles. The highest BCUT2D eigenvalue weighted by atomic mass is 35.5. The number of nitrogens with two attached hydrogens (primary N) is 1. The van der Waals surface area contributed by atoms with Gasteiger partial charge in [-0.3, -0.25) is 4.79 Å². The summed E-state index contributed by atoms with van der Waals surface area (Å²) < 4.78 is 5.00. The first-order valence-corrected chi connectivity index (χ1v) is 8.01. The van der Waals surface area contributed by atoms with E-state index in [1.54, 1.807) is 23.9 Å². The van der Waals surface area contributed by atoms with Crippen molar-refractivity contribution < 1.29 is 14.3 Å². The Hall–Kier alpha value is -1.98. The van der Waals surface area contributed by atoms with Crippen LogP contribution in [-0.4, -0.2) is 24.6 Å². The Morgan fingerprint density at radius 1 is 1.14 bits per heavy atom. The van der Waals surface area contributed by atoms with E-state index in [4.69, 9.17) is 22.1 Å². The molecule has 0 saturated carbocycles. The van der Waals surface area contributed by atoms with Crippen molar-refractivity contribution in [1.82, 2.24) is 0 Å². The van der Waals surface area contributed by atoms with Gasteiger partial charge in [0.05, 0.1) is 16.3 Å². The van der Waals surface area contributed by atoms with Gasteiger partial charge in [-0.2, -0.15) is 0 Å². The van der Waals surface area contributed by atoms with E-state index in [9.17, 15) is 9.59 Å². The minimum Gasteiger partial charge on any atom is -0.454 e. The molecule has 22 heavy (non-hydrogen) atoms. The minimum absolute atomic E-state index is 0.257. The van der Waals surface area contributed by atoms with Crippen LogP contribution in [0.1, 0.15) is 20.7 Å². The van der Waals surface area contributed by atoms with Gasteiger partial charge >= 0.3 is 5.97 Å². The largest absolute Gasteiger partial charge is 0.454 e. The van der Waals surface area contributed by atoms with Crippen molar-refractivity contribution in [2.75, 3.05) is 18.6 Å². The van der Waals surface area contributed by atoms with Crippen LogP contribution in [0.2, 0.25) is 5.02 Å². The van der Waals surface area contributed by atoms with Crippen LogP contribution >= 0.6 is 23.4 Å². The number of benzene rings is 2. The smallest absolute Gasteiger partial charge is 0.338 e. The van der Waals surface area contributed by atoms with Gasteiger partial charge in [0.2, 0.25) is 0 Å². The monoisotopic (exact) mass is 335 g/mol. The first kappa shape index (κ1) is 16.4. The van der Waals surface area contributed by atoms with Crippen LogP contribution in [0, 0.1) is 0 Å². The Balaban J connectivity index is 1.97. The van der Waals surface area contributed by atoms with Crippen LogP contribution in [0.4, 0.5) is 5.69 Å². The maximum Gasteiger partial charge on any atom is 0.338 e. The average Bonchev–Trinajstić information content (AvgIpc) is 2.54. The lowest BCUT2D eigenvalue weighted by molar-refractivity contribution is 0.0475. The van der Waals surface area contributed by atoms with E-state index in [1.807, 2.05) is 18.4 Å². The molecule has 0 amide bonds. The molecule has 0 aromatic heterocycles. The van der Waals surface area contributed by atoms with Gasteiger partial charge in [-0.05, 0) is 36.6 Å². The van der Waals surface area contributed by atoms with E-state index in [0.29, 0.717) is 10.6 Å². The van der Waals surface area contributed by atoms with E-state index in [-0.39, 0.29) is 23.6 Å². The predicted molar refractivity (Wildman–Crippen MR) is 88.7 cm³/mol. The zero-order valence-corrected chi connectivity index (χ0v) is 13.4. The number of halogens is 1. The molecule has 0 heterocycles. The number of thioether (sulfide) groups is 1. The summed E-state index contributed by atoms with van der Waals surface area (Å²) in [6.45, 7) is -0.319. The zero-order chi connectivity index (χ0) is 16.1. The number of Topliss-reactive ketones (excluding diaryl/α,β-unsaturated/α-hetero) is 1. The Morgan fingerprint density at radius 3 is 2.36 bits per heavy atom. The van der Waals surface area contributed by atoms with Gasteiger partial charge in [0.25, 0.3) is 0 Å². The lowest BCUT2D eigenvalue weighted by Crippen LogP contribution is -2.14. The van der Waals surface area contributed by atoms with Gasteiger partial charge in [-0.25, -0.2) is 4.79 Å². The van der Waals surface area contributed by atoms with E-state index in [1.165, 1.54) is 18.2 Å². The average molecular weight is 336 g/mol. The normalized spacial score (nSPS) is 10.3.